The predicted octanol–water partition coefficient (Wildman–Crippen LogP) is 3.30. The van der Waals surface area contributed by atoms with Crippen molar-refractivity contribution in [3.63, 3.8) is 0 Å². The van der Waals surface area contributed by atoms with E-state index in [1.807, 2.05) is 48.5 Å². The average Bonchev–Trinajstić information content (AvgIpc) is 3.25. The zero-order valence-electron chi connectivity index (χ0n) is 15.0. The number of hydrogen-bond donors (Lipinski definition) is 1. The third kappa shape index (κ3) is 3.89. The Morgan fingerprint density at radius 3 is 2.29 bits per heavy atom. The van der Waals surface area contributed by atoms with Gasteiger partial charge in [0.1, 0.15) is 6.04 Å². The summed E-state index contributed by atoms with van der Waals surface area (Å²) in [7, 11) is 0. The van der Waals surface area contributed by atoms with E-state index < -0.39 is 6.04 Å². The summed E-state index contributed by atoms with van der Waals surface area (Å²) in [5.74, 6) is 1.28. The molecule has 2 heterocycles. The van der Waals surface area contributed by atoms with Crippen LogP contribution in [0.3, 0.4) is 0 Å². The lowest BCUT2D eigenvalue weighted by molar-refractivity contribution is -0.119. The number of nitrogens with one attached hydrogen (secondary N) is 1. The number of benzene rings is 2. The number of aromatic nitrogens is 2. The van der Waals surface area contributed by atoms with Gasteiger partial charge in [-0.25, -0.2) is 9.97 Å². The molecule has 0 aliphatic carbocycles. The van der Waals surface area contributed by atoms with Crippen LogP contribution in [0.5, 0.6) is 0 Å². The number of nitrogens with zero attached hydrogens (tertiary/aromatic N) is 3. The van der Waals surface area contributed by atoms with Crippen molar-refractivity contribution in [1.82, 2.24) is 14.9 Å². The zero-order valence-corrected chi connectivity index (χ0v) is 15.8. The molecule has 3 aromatic rings. The van der Waals surface area contributed by atoms with E-state index in [2.05, 4.69) is 15.3 Å². The van der Waals surface area contributed by atoms with Gasteiger partial charge < -0.3 is 10.2 Å². The molecule has 1 fully saturated rings. The summed E-state index contributed by atoms with van der Waals surface area (Å²) in [5, 5.41) is 2.83. The first kappa shape index (κ1) is 18.2. The fraction of sp³-hybridized carbons (Fsp3) is 0.143. The number of carbonyl (C=O) groups is 2. The van der Waals surface area contributed by atoms with Crippen LogP contribution in [0, 0.1) is 0 Å². The van der Waals surface area contributed by atoms with Crippen molar-refractivity contribution in [2.75, 3.05) is 16.9 Å². The van der Waals surface area contributed by atoms with Gasteiger partial charge in [0.05, 0.1) is 24.0 Å². The van der Waals surface area contributed by atoms with E-state index in [0.717, 1.165) is 5.56 Å². The molecule has 1 N–H and O–H groups in total. The highest BCUT2D eigenvalue weighted by molar-refractivity contribution is 7.99. The van der Waals surface area contributed by atoms with Crippen LogP contribution < -0.4 is 5.32 Å². The summed E-state index contributed by atoms with van der Waals surface area (Å²) in [6, 6.07) is 18.1. The quantitative estimate of drug-likeness (QED) is 0.740. The number of carbonyl (C=O) groups excluding carboxylic acids is 2. The van der Waals surface area contributed by atoms with Crippen molar-refractivity contribution in [2.24, 2.45) is 0 Å². The molecule has 1 aromatic heterocycles. The second-order valence-corrected chi connectivity index (χ2v) is 7.31. The van der Waals surface area contributed by atoms with Gasteiger partial charge in [-0.05, 0) is 12.1 Å². The topological polar surface area (TPSA) is 75.2 Å². The van der Waals surface area contributed by atoms with Crippen LogP contribution in [0.4, 0.5) is 5.69 Å². The molecule has 0 radical (unpaired) electrons. The van der Waals surface area contributed by atoms with Crippen molar-refractivity contribution < 1.29 is 9.59 Å². The highest BCUT2D eigenvalue weighted by atomic mass is 32.2. The molecule has 1 aliphatic rings. The fourth-order valence-electron chi connectivity index (χ4n) is 2.96. The van der Waals surface area contributed by atoms with E-state index >= 15 is 0 Å². The molecular weight excluding hydrogens is 372 g/mol. The molecule has 6 nitrogen and oxygen atoms in total. The van der Waals surface area contributed by atoms with Gasteiger partial charge in [-0.15, -0.1) is 11.8 Å². The Kier molecular flexibility index (Phi) is 5.34. The maximum Gasteiger partial charge on any atom is 0.255 e. The second kappa shape index (κ2) is 8.22. The third-order valence-corrected chi connectivity index (χ3v) is 5.43. The second-order valence-electron chi connectivity index (χ2n) is 6.31. The van der Waals surface area contributed by atoms with Crippen molar-refractivity contribution in [2.45, 2.75) is 6.04 Å². The first-order valence-electron chi connectivity index (χ1n) is 8.84. The van der Waals surface area contributed by atoms with Gasteiger partial charge in [-0.1, -0.05) is 48.5 Å². The molecule has 0 bridgehead atoms. The maximum atomic E-state index is 12.7. The van der Waals surface area contributed by atoms with Gasteiger partial charge in [-0.3, -0.25) is 9.59 Å². The molecule has 2 aromatic carbocycles. The Balaban J connectivity index is 1.45. The first-order valence-corrected chi connectivity index (χ1v) is 10.00. The van der Waals surface area contributed by atoms with Crippen LogP contribution in [0.1, 0.15) is 10.4 Å². The minimum absolute atomic E-state index is 0.138. The lowest BCUT2D eigenvalue weighted by atomic mass is 10.1. The highest BCUT2D eigenvalue weighted by Crippen LogP contribution is 2.24. The van der Waals surface area contributed by atoms with E-state index in [4.69, 9.17) is 0 Å². The number of amides is 2. The zero-order chi connectivity index (χ0) is 19.3. The van der Waals surface area contributed by atoms with Gasteiger partial charge in [0.25, 0.3) is 5.91 Å². The Bertz CT molecular complexity index is 965. The summed E-state index contributed by atoms with van der Waals surface area (Å²) in [6.45, 7) is 0. The maximum absolute atomic E-state index is 12.7. The van der Waals surface area contributed by atoms with Gasteiger partial charge in [0, 0.05) is 16.9 Å². The Morgan fingerprint density at radius 1 is 0.964 bits per heavy atom. The molecule has 7 heteroatoms. The lowest BCUT2D eigenvalue weighted by Crippen LogP contribution is -2.44. The molecule has 28 heavy (non-hydrogen) atoms. The van der Waals surface area contributed by atoms with Crippen molar-refractivity contribution >= 4 is 29.3 Å². The molecule has 1 unspecified atom stereocenters. The molecular formula is C21H18N4O2S. The summed E-state index contributed by atoms with van der Waals surface area (Å²) in [4.78, 5) is 35.7. The van der Waals surface area contributed by atoms with Gasteiger partial charge in [0.15, 0.2) is 5.82 Å². The van der Waals surface area contributed by atoms with E-state index in [-0.39, 0.29) is 11.8 Å². The number of anilines is 1. The number of hydrogen-bond acceptors (Lipinski definition) is 5. The van der Waals surface area contributed by atoms with E-state index in [1.54, 1.807) is 41.2 Å². The summed E-state index contributed by atoms with van der Waals surface area (Å²) in [5.41, 5.74) is 2.00. The molecule has 4 rings (SSSR count). The van der Waals surface area contributed by atoms with Gasteiger partial charge in [-0.2, -0.15) is 0 Å². The van der Waals surface area contributed by atoms with Crippen molar-refractivity contribution in [3.8, 4) is 11.4 Å². The Morgan fingerprint density at radius 2 is 1.61 bits per heavy atom. The minimum Gasteiger partial charge on any atom is -0.322 e. The van der Waals surface area contributed by atoms with E-state index in [1.165, 1.54) is 0 Å². The first-order chi connectivity index (χ1) is 13.7. The molecule has 1 saturated heterocycles. The molecule has 1 aliphatic heterocycles. The highest BCUT2D eigenvalue weighted by Gasteiger charge is 2.35. The number of rotatable bonds is 4. The van der Waals surface area contributed by atoms with Gasteiger partial charge in [0.2, 0.25) is 5.91 Å². The SMILES string of the molecule is O=C(Nc1cnc(-c2ccccc2)nc1)C1CSCN1C(=O)c1ccccc1. The summed E-state index contributed by atoms with van der Waals surface area (Å²) in [6.07, 6.45) is 3.16. The van der Waals surface area contributed by atoms with Crippen LogP contribution in [-0.4, -0.2) is 44.4 Å². The summed E-state index contributed by atoms with van der Waals surface area (Å²) < 4.78 is 0. The largest absolute Gasteiger partial charge is 0.322 e. The van der Waals surface area contributed by atoms with Crippen LogP contribution in [0.15, 0.2) is 73.1 Å². The smallest absolute Gasteiger partial charge is 0.255 e. The molecule has 140 valence electrons. The van der Waals surface area contributed by atoms with Crippen LogP contribution >= 0.6 is 11.8 Å². The molecule has 0 spiro atoms. The van der Waals surface area contributed by atoms with Crippen molar-refractivity contribution in [1.29, 1.82) is 0 Å². The normalized spacial score (nSPS) is 16.0. The standard InChI is InChI=1S/C21H18N4O2S/c26-20(18-13-28-14-25(18)21(27)16-9-5-2-6-10-16)24-17-11-22-19(23-12-17)15-7-3-1-4-8-15/h1-12,18H,13-14H2,(H,24,26). The van der Waals surface area contributed by atoms with Gasteiger partial charge >= 0.3 is 0 Å². The van der Waals surface area contributed by atoms with Crippen LogP contribution in [0.25, 0.3) is 11.4 Å². The van der Waals surface area contributed by atoms with Crippen molar-refractivity contribution in [3.05, 3.63) is 78.6 Å². The molecule has 1 atom stereocenters. The van der Waals surface area contributed by atoms with E-state index in [0.29, 0.717) is 28.7 Å². The fourth-order valence-corrected chi connectivity index (χ4v) is 4.11. The predicted molar refractivity (Wildman–Crippen MR) is 110 cm³/mol. The monoisotopic (exact) mass is 390 g/mol. The minimum atomic E-state index is -0.522. The lowest BCUT2D eigenvalue weighted by Gasteiger charge is -2.23. The Hall–Kier alpha value is -3.19. The molecule has 0 saturated carbocycles. The average molecular weight is 390 g/mol. The van der Waals surface area contributed by atoms with Crippen LogP contribution in [-0.2, 0) is 4.79 Å². The van der Waals surface area contributed by atoms with E-state index in [9.17, 15) is 9.59 Å². The number of thioether (sulfide) groups is 1. The van der Waals surface area contributed by atoms with Crippen LogP contribution in [0.2, 0.25) is 0 Å². The Labute approximate surface area is 167 Å². The molecule has 2 amide bonds. The summed E-state index contributed by atoms with van der Waals surface area (Å²) >= 11 is 1.56. The third-order valence-electron chi connectivity index (χ3n) is 4.42.